The van der Waals surface area contributed by atoms with E-state index < -0.39 is 17.7 Å². The summed E-state index contributed by atoms with van der Waals surface area (Å²) in [5.74, 6) is -2.02. The van der Waals surface area contributed by atoms with E-state index in [1.54, 1.807) is 24.3 Å². The summed E-state index contributed by atoms with van der Waals surface area (Å²) in [6, 6.07) is 13.3. The highest BCUT2D eigenvalue weighted by Crippen LogP contribution is 2.42. The van der Waals surface area contributed by atoms with Gasteiger partial charge in [0.1, 0.15) is 11.5 Å². The predicted octanol–water partition coefficient (Wildman–Crippen LogP) is 3.79. The third kappa shape index (κ3) is 3.73. The second kappa shape index (κ2) is 8.16. The normalized spacial score (nSPS) is 17.8. The third-order valence-electron chi connectivity index (χ3n) is 5.12. The SMILES string of the molecule is COc1ccc(/C(O)=C2\C(=O)C(=O)N(Cc3cccs3)C2c2ccc(O)c(O)c2)cc1. The first-order chi connectivity index (χ1) is 14.9. The number of rotatable bonds is 5. The van der Waals surface area contributed by atoms with Crippen LogP contribution in [0.2, 0.25) is 0 Å². The van der Waals surface area contributed by atoms with Gasteiger partial charge in [-0.3, -0.25) is 9.59 Å². The molecule has 0 bridgehead atoms. The number of carbonyl (C=O) groups is 2. The number of aliphatic hydroxyl groups is 1. The van der Waals surface area contributed by atoms with Gasteiger partial charge in [-0.2, -0.15) is 0 Å². The number of likely N-dealkylation sites (tertiary alicyclic amines) is 1. The number of hydrogen-bond donors (Lipinski definition) is 3. The van der Waals surface area contributed by atoms with E-state index in [0.29, 0.717) is 16.9 Å². The molecule has 0 spiro atoms. The minimum atomic E-state index is -0.935. The van der Waals surface area contributed by atoms with Crippen LogP contribution in [0.5, 0.6) is 17.2 Å². The van der Waals surface area contributed by atoms with E-state index in [0.717, 1.165) is 4.88 Å². The lowest BCUT2D eigenvalue weighted by Gasteiger charge is -2.25. The minimum Gasteiger partial charge on any atom is -0.507 e. The first kappa shape index (κ1) is 20.5. The zero-order valence-electron chi connectivity index (χ0n) is 16.5. The van der Waals surface area contributed by atoms with Gasteiger partial charge in [-0.15, -0.1) is 11.3 Å². The molecule has 1 fully saturated rings. The van der Waals surface area contributed by atoms with Crippen LogP contribution in [0.3, 0.4) is 0 Å². The van der Waals surface area contributed by atoms with Gasteiger partial charge in [-0.25, -0.2) is 0 Å². The number of ketones is 1. The molecular weight excluding hydrogens is 418 g/mol. The van der Waals surface area contributed by atoms with Gasteiger partial charge in [0.25, 0.3) is 11.7 Å². The molecule has 1 aliphatic rings. The number of carbonyl (C=O) groups excluding carboxylic acids is 2. The number of methoxy groups -OCH3 is 1. The van der Waals surface area contributed by atoms with E-state index in [1.807, 2.05) is 17.5 Å². The van der Waals surface area contributed by atoms with E-state index in [2.05, 4.69) is 0 Å². The van der Waals surface area contributed by atoms with Gasteiger partial charge < -0.3 is 25.0 Å². The zero-order valence-corrected chi connectivity index (χ0v) is 17.3. The number of aliphatic hydroxyl groups excluding tert-OH is 1. The van der Waals surface area contributed by atoms with Crippen molar-refractivity contribution in [1.82, 2.24) is 4.90 Å². The smallest absolute Gasteiger partial charge is 0.295 e. The highest BCUT2D eigenvalue weighted by Gasteiger charge is 2.46. The van der Waals surface area contributed by atoms with E-state index in [9.17, 15) is 24.9 Å². The van der Waals surface area contributed by atoms with Crippen LogP contribution in [-0.2, 0) is 16.1 Å². The van der Waals surface area contributed by atoms with E-state index in [-0.39, 0.29) is 29.4 Å². The molecule has 3 N–H and O–H groups in total. The quantitative estimate of drug-likeness (QED) is 0.243. The topological polar surface area (TPSA) is 107 Å². The standard InChI is InChI=1S/C23H19NO6S/c1-30-15-7-4-13(5-8-15)21(27)19-20(14-6-9-17(25)18(26)11-14)24(23(29)22(19)28)12-16-3-2-10-31-16/h2-11,20,25-27H,12H2,1H3/b21-19+. The number of ether oxygens (including phenoxy) is 1. The number of thiophene rings is 1. The Morgan fingerprint density at radius 2 is 1.81 bits per heavy atom. The maximum Gasteiger partial charge on any atom is 0.295 e. The van der Waals surface area contributed by atoms with Gasteiger partial charge in [0.15, 0.2) is 11.5 Å². The van der Waals surface area contributed by atoms with Crippen molar-refractivity contribution in [2.24, 2.45) is 0 Å². The summed E-state index contributed by atoms with van der Waals surface area (Å²) in [5.41, 5.74) is 0.654. The number of benzene rings is 2. The molecule has 31 heavy (non-hydrogen) atoms. The second-order valence-corrected chi connectivity index (χ2v) is 8.02. The molecule has 4 rings (SSSR count). The number of phenolic OH excluding ortho intramolecular Hbond substituents is 2. The molecule has 1 aliphatic heterocycles. The molecule has 1 atom stereocenters. The average molecular weight is 437 g/mol. The Hall–Kier alpha value is -3.78. The molecule has 3 aromatic rings. The van der Waals surface area contributed by atoms with Crippen molar-refractivity contribution in [3.05, 3.63) is 81.6 Å². The van der Waals surface area contributed by atoms with Crippen molar-refractivity contribution in [2.45, 2.75) is 12.6 Å². The van der Waals surface area contributed by atoms with Gasteiger partial charge in [-0.05, 0) is 53.4 Å². The summed E-state index contributed by atoms with van der Waals surface area (Å²) < 4.78 is 5.13. The van der Waals surface area contributed by atoms with Gasteiger partial charge >= 0.3 is 0 Å². The summed E-state index contributed by atoms with van der Waals surface area (Å²) in [6.45, 7) is 0.161. The van der Waals surface area contributed by atoms with Crippen LogP contribution in [0.4, 0.5) is 0 Å². The fourth-order valence-electron chi connectivity index (χ4n) is 3.58. The fourth-order valence-corrected chi connectivity index (χ4v) is 4.28. The van der Waals surface area contributed by atoms with E-state index in [4.69, 9.17) is 4.74 Å². The average Bonchev–Trinajstić information content (AvgIpc) is 3.38. The van der Waals surface area contributed by atoms with Crippen LogP contribution in [0, 0.1) is 0 Å². The summed E-state index contributed by atoms with van der Waals surface area (Å²) in [5, 5.41) is 32.6. The maximum atomic E-state index is 13.0. The molecule has 0 saturated carbocycles. The minimum absolute atomic E-state index is 0.0863. The molecule has 1 aromatic heterocycles. The predicted molar refractivity (Wildman–Crippen MR) is 115 cm³/mol. The van der Waals surface area contributed by atoms with Crippen LogP contribution in [0.15, 0.2) is 65.6 Å². The van der Waals surface area contributed by atoms with Crippen LogP contribution in [0.1, 0.15) is 22.0 Å². The Labute approximate surface area is 182 Å². The first-order valence-electron chi connectivity index (χ1n) is 9.37. The van der Waals surface area contributed by atoms with Crippen molar-refractivity contribution in [1.29, 1.82) is 0 Å². The summed E-state index contributed by atoms with van der Waals surface area (Å²) in [4.78, 5) is 28.1. The van der Waals surface area contributed by atoms with Crippen LogP contribution < -0.4 is 4.74 Å². The van der Waals surface area contributed by atoms with E-state index in [1.165, 1.54) is 41.5 Å². The van der Waals surface area contributed by atoms with Crippen LogP contribution in [-0.4, -0.2) is 39.0 Å². The first-order valence-corrected chi connectivity index (χ1v) is 10.3. The van der Waals surface area contributed by atoms with Crippen molar-refractivity contribution in [3.63, 3.8) is 0 Å². The molecule has 8 heteroatoms. The Morgan fingerprint density at radius 3 is 2.42 bits per heavy atom. The number of amides is 1. The lowest BCUT2D eigenvalue weighted by atomic mass is 9.95. The molecule has 1 amide bonds. The second-order valence-electron chi connectivity index (χ2n) is 6.98. The maximum absolute atomic E-state index is 13.0. The number of aromatic hydroxyl groups is 2. The molecular formula is C23H19NO6S. The van der Waals surface area contributed by atoms with Gasteiger partial charge in [0, 0.05) is 10.4 Å². The summed E-state index contributed by atoms with van der Waals surface area (Å²) in [6.07, 6.45) is 0. The summed E-state index contributed by atoms with van der Waals surface area (Å²) in [7, 11) is 1.52. The van der Waals surface area contributed by atoms with Gasteiger partial charge in [0.05, 0.1) is 25.3 Å². The third-order valence-corrected chi connectivity index (χ3v) is 5.99. The van der Waals surface area contributed by atoms with Gasteiger partial charge in [-0.1, -0.05) is 12.1 Å². The highest BCUT2D eigenvalue weighted by atomic mass is 32.1. The number of Topliss-reactive ketones (excluding diaryl/α,β-unsaturated/α-hetero) is 1. The largest absolute Gasteiger partial charge is 0.507 e. The highest BCUT2D eigenvalue weighted by molar-refractivity contribution is 7.09. The van der Waals surface area contributed by atoms with Crippen LogP contribution >= 0.6 is 11.3 Å². The van der Waals surface area contributed by atoms with Gasteiger partial charge in [0.2, 0.25) is 0 Å². The molecule has 158 valence electrons. The fraction of sp³-hybridized carbons (Fsp3) is 0.130. The summed E-state index contributed by atoms with van der Waals surface area (Å²) >= 11 is 1.44. The Kier molecular flexibility index (Phi) is 5.39. The molecule has 0 aliphatic carbocycles. The van der Waals surface area contributed by atoms with Crippen molar-refractivity contribution in [2.75, 3.05) is 7.11 Å². The lowest BCUT2D eigenvalue weighted by Crippen LogP contribution is -2.28. The molecule has 1 unspecified atom stereocenters. The molecule has 7 nitrogen and oxygen atoms in total. The van der Waals surface area contributed by atoms with E-state index >= 15 is 0 Å². The van der Waals surface area contributed by atoms with Crippen molar-refractivity contribution < 1.29 is 29.6 Å². The van der Waals surface area contributed by atoms with Crippen LogP contribution in [0.25, 0.3) is 5.76 Å². The number of phenols is 2. The molecule has 2 heterocycles. The molecule has 0 radical (unpaired) electrons. The molecule has 2 aromatic carbocycles. The number of nitrogens with zero attached hydrogens (tertiary/aromatic N) is 1. The Morgan fingerprint density at radius 1 is 1.06 bits per heavy atom. The van der Waals surface area contributed by atoms with Crippen molar-refractivity contribution >= 4 is 28.8 Å². The Bertz CT molecular complexity index is 1170. The molecule has 1 saturated heterocycles. The lowest BCUT2D eigenvalue weighted by molar-refractivity contribution is -0.140. The number of hydrogen-bond acceptors (Lipinski definition) is 7. The van der Waals surface area contributed by atoms with Crippen molar-refractivity contribution in [3.8, 4) is 17.2 Å². The zero-order chi connectivity index (χ0) is 22.1. The monoisotopic (exact) mass is 437 g/mol. The Balaban J connectivity index is 1.87.